The highest BCUT2D eigenvalue weighted by Crippen LogP contribution is 2.43. The summed E-state index contributed by atoms with van der Waals surface area (Å²) in [4.78, 5) is 34.9. The fourth-order valence-electron chi connectivity index (χ4n) is 6.88. The molecule has 10 heteroatoms. The quantitative estimate of drug-likeness (QED) is 0.0266. The molecule has 3 N–H and O–H groups in total. The molecule has 0 aromatic carbocycles. The molecule has 0 spiro atoms. The normalized spacial score (nSPS) is 13.3. The minimum atomic E-state index is -4.38. The third-order valence-corrected chi connectivity index (χ3v) is 11.4. The van der Waals surface area contributed by atoms with Crippen molar-refractivity contribution in [1.82, 2.24) is 0 Å². The monoisotopic (exact) mass is 816 g/mol. The molecule has 0 aliphatic heterocycles. The van der Waals surface area contributed by atoms with Crippen LogP contribution in [0.3, 0.4) is 0 Å². The molecular weight excluding hydrogens is 725 g/mol. The first kappa shape index (κ1) is 54.8. The highest BCUT2D eigenvalue weighted by atomic mass is 31.2. The van der Waals surface area contributed by atoms with Crippen molar-refractivity contribution in [3.8, 4) is 0 Å². The number of esters is 2. The van der Waals surface area contributed by atoms with Gasteiger partial charge < -0.3 is 20.1 Å². The van der Waals surface area contributed by atoms with Crippen LogP contribution in [0.15, 0.2) is 12.2 Å². The van der Waals surface area contributed by atoms with E-state index < -0.39 is 26.5 Å². The van der Waals surface area contributed by atoms with Gasteiger partial charge in [0.2, 0.25) is 0 Å². The van der Waals surface area contributed by atoms with Crippen LogP contribution in [0, 0.1) is 0 Å². The van der Waals surface area contributed by atoms with Gasteiger partial charge >= 0.3 is 19.8 Å². The van der Waals surface area contributed by atoms with E-state index in [0.29, 0.717) is 6.42 Å². The van der Waals surface area contributed by atoms with Crippen molar-refractivity contribution in [2.45, 2.75) is 245 Å². The van der Waals surface area contributed by atoms with Gasteiger partial charge in [-0.3, -0.25) is 18.6 Å². The van der Waals surface area contributed by atoms with E-state index in [1.54, 1.807) is 0 Å². The lowest BCUT2D eigenvalue weighted by Crippen LogP contribution is -2.29. The second-order valence-corrected chi connectivity index (χ2v) is 17.4. The maximum absolute atomic E-state index is 12.6. The first-order valence-electron chi connectivity index (χ1n) is 23.7. The number of hydrogen-bond donors (Lipinski definition) is 2. The molecular formula is C46H90NO8P. The van der Waals surface area contributed by atoms with Gasteiger partial charge in [-0.1, -0.05) is 206 Å². The van der Waals surface area contributed by atoms with Gasteiger partial charge in [0.1, 0.15) is 6.61 Å². The molecule has 0 amide bonds. The summed E-state index contributed by atoms with van der Waals surface area (Å²) < 4.78 is 32.8. The Morgan fingerprint density at radius 2 is 0.893 bits per heavy atom. The lowest BCUT2D eigenvalue weighted by molar-refractivity contribution is -0.161. The average Bonchev–Trinajstić information content (AvgIpc) is 3.18. The molecule has 0 radical (unpaired) electrons. The van der Waals surface area contributed by atoms with Crippen molar-refractivity contribution in [2.24, 2.45) is 5.73 Å². The van der Waals surface area contributed by atoms with E-state index in [1.807, 2.05) is 0 Å². The number of nitrogens with two attached hydrogens (primary N) is 1. The number of carbonyl (C=O) groups excluding carboxylic acids is 2. The van der Waals surface area contributed by atoms with Crippen LogP contribution < -0.4 is 5.73 Å². The van der Waals surface area contributed by atoms with Gasteiger partial charge in [-0.25, -0.2) is 4.57 Å². The number of unbranched alkanes of at least 4 members (excludes halogenated alkanes) is 30. The Balaban J connectivity index is 4.04. The zero-order chi connectivity index (χ0) is 41.1. The summed E-state index contributed by atoms with van der Waals surface area (Å²) >= 11 is 0. The van der Waals surface area contributed by atoms with E-state index in [-0.39, 0.29) is 38.6 Å². The summed E-state index contributed by atoms with van der Waals surface area (Å²) in [5, 5.41) is 0. The fraction of sp³-hybridized carbons (Fsp3) is 0.913. The van der Waals surface area contributed by atoms with Crippen molar-refractivity contribution >= 4 is 19.8 Å². The van der Waals surface area contributed by atoms with Crippen molar-refractivity contribution < 1.29 is 37.6 Å². The topological polar surface area (TPSA) is 134 Å². The lowest BCUT2D eigenvalue weighted by atomic mass is 10.0. The van der Waals surface area contributed by atoms with Crippen LogP contribution in [-0.4, -0.2) is 49.3 Å². The van der Waals surface area contributed by atoms with Crippen LogP contribution in [0.1, 0.15) is 239 Å². The van der Waals surface area contributed by atoms with Crippen molar-refractivity contribution in [1.29, 1.82) is 0 Å². The molecule has 0 aliphatic carbocycles. The number of ether oxygens (including phenoxy) is 2. The SMILES string of the molecule is CCCCCCCCCCCCCCCCCCCC/C=C/CCCC(=O)O[C@H](COC(=O)CCCCCCCCCCCCCC)COP(=O)(O)OCCN. The Morgan fingerprint density at radius 3 is 1.32 bits per heavy atom. The number of phosphoric acid groups is 1. The zero-order valence-electron chi connectivity index (χ0n) is 36.6. The van der Waals surface area contributed by atoms with Crippen molar-refractivity contribution in [2.75, 3.05) is 26.4 Å². The number of allylic oxidation sites excluding steroid dienone is 2. The predicted octanol–water partition coefficient (Wildman–Crippen LogP) is 13.8. The molecule has 0 aromatic rings. The van der Waals surface area contributed by atoms with Crippen molar-refractivity contribution in [3.63, 3.8) is 0 Å². The second kappa shape index (κ2) is 43.3. The first-order valence-corrected chi connectivity index (χ1v) is 25.2. The lowest BCUT2D eigenvalue weighted by Gasteiger charge is -2.19. The fourth-order valence-corrected chi connectivity index (χ4v) is 7.64. The number of rotatable bonds is 45. The van der Waals surface area contributed by atoms with E-state index in [4.69, 9.17) is 24.3 Å². The molecule has 0 bridgehead atoms. The third-order valence-electron chi connectivity index (χ3n) is 10.4. The second-order valence-electron chi connectivity index (χ2n) is 16.0. The molecule has 0 saturated heterocycles. The summed E-state index contributed by atoms with van der Waals surface area (Å²) in [6, 6.07) is 0. The summed E-state index contributed by atoms with van der Waals surface area (Å²) in [6.07, 6.45) is 45.5. The molecule has 0 aliphatic rings. The molecule has 332 valence electrons. The van der Waals surface area contributed by atoms with Gasteiger partial charge in [0.25, 0.3) is 0 Å². The number of hydrogen-bond acceptors (Lipinski definition) is 8. The minimum absolute atomic E-state index is 0.0527. The summed E-state index contributed by atoms with van der Waals surface area (Å²) in [5.41, 5.74) is 5.35. The van der Waals surface area contributed by atoms with Crippen molar-refractivity contribution in [3.05, 3.63) is 12.2 Å². The highest BCUT2D eigenvalue weighted by Gasteiger charge is 2.26. The van der Waals surface area contributed by atoms with Crippen LogP contribution in [0.5, 0.6) is 0 Å². The Hall–Kier alpha value is -1.25. The van der Waals surface area contributed by atoms with Gasteiger partial charge in [0.05, 0.1) is 13.2 Å². The standard InChI is InChI=1S/C46H90NO8P/c1-3-5-7-9-11-13-15-17-18-19-20-21-22-23-24-25-26-27-29-31-33-35-37-39-46(49)55-44(43-54-56(50,51)53-41-40-47)42-52-45(48)38-36-34-32-30-28-16-14-12-10-8-6-4-2/h31,33,44H,3-30,32,34-43,47H2,1-2H3,(H,50,51)/b33-31+/t44-/m1/s1. The molecule has 9 nitrogen and oxygen atoms in total. The maximum Gasteiger partial charge on any atom is 0.472 e. The first-order chi connectivity index (χ1) is 27.3. The van der Waals surface area contributed by atoms with Crippen LogP contribution in [0.25, 0.3) is 0 Å². The third kappa shape index (κ3) is 42.4. The van der Waals surface area contributed by atoms with Crippen LogP contribution in [0.2, 0.25) is 0 Å². The zero-order valence-corrected chi connectivity index (χ0v) is 37.5. The molecule has 56 heavy (non-hydrogen) atoms. The molecule has 0 rings (SSSR count). The van der Waals surface area contributed by atoms with Gasteiger partial charge in [0.15, 0.2) is 6.10 Å². The van der Waals surface area contributed by atoms with Gasteiger partial charge in [-0.05, 0) is 32.1 Å². The van der Waals surface area contributed by atoms with E-state index in [1.165, 1.54) is 173 Å². The van der Waals surface area contributed by atoms with Gasteiger partial charge in [-0.15, -0.1) is 0 Å². The Morgan fingerprint density at radius 1 is 0.518 bits per heavy atom. The summed E-state index contributed by atoms with van der Waals surface area (Å²) in [6.45, 7) is 3.74. The minimum Gasteiger partial charge on any atom is -0.462 e. The largest absolute Gasteiger partial charge is 0.472 e. The molecule has 0 saturated carbocycles. The Kier molecular flexibility index (Phi) is 42.4. The van der Waals surface area contributed by atoms with Crippen LogP contribution >= 0.6 is 7.82 Å². The smallest absolute Gasteiger partial charge is 0.462 e. The molecule has 1 unspecified atom stereocenters. The number of carbonyl (C=O) groups is 2. The van der Waals surface area contributed by atoms with Gasteiger partial charge in [0, 0.05) is 19.4 Å². The van der Waals surface area contributed by atoms with E-state index >= 15 is 0 Å². The molecule has 2 atom stereocenters. The van der Waals surface area contributed by atoms with E-state index in [9.17, 15) is 19.0 Å². The maximum atomic E-state index is 12.6. The van der Waals surface area contributed by atoms with E-state index in [2.05, 4.69) is 26.0 Å². The van der Waals surface area contributed by atoms with Gasteiger partial charge in [-0.2, -0.15) is 0 Å². The van der Waals surface area contributed by atoms with E-state index in [0.717, 1.165) is 32.1 Å². The summed E-state index contributed by atoms with van der Waals surface area (Å²) in [7, 11) is -4.38. The Labute approximate surface area is 345 Å². The van der Waals surface area contributed by atoms with Crippen LogP contribution in [0.4, 0.5) is 0 Å². The average molecular weight is 816 g/mol. The van der Waals surface area contributed by atoms with Crippen LogP contribution in [-0.2, 0) is 32.7 Å². The summed E-state index contributed by atoms with van der Waals surface area (Å²) in [5.74, 6) is -0.854. The predicted molar refractivity (Wildman–Crippen MR) is 234 cm³/mol. The molecule has 0 aromatic heterocycles. The molecule has 0 fully saturated rings. The number of phosphoric ester groups is 1. The Bertz CT molecular complexity index is 933. The highest BCUT2D eigenvalue weighted by molar-refractivity contribution is 7.47. The molecule has 0 heterocycles.